The zero-order chi connectivity index (χ0) is 13.8. The highest BCUT2D eigenvalue weighted by Crippen LogP contribution is 2.23. The van der Waals surface area contributed by atoms with Gasteiger partial charge in [0.25, 0.3) is 0 Å². The van der Waals surface area contributed by atoms with E-state index in [9.17, 15) is 4.79 Å². The first kappa shape index (κ1) is 13.3. The Hall–Kier alpha value is -2.09. The number of tetrazole rings is 1. The largest absolute Gasteiger partial charge is 0.497 e. The molecule has 0 aliphatic heterocycles. The number of hydrogen-bond donors (Lipinski definition) is 1. The fraction of sp³-hybridized carbons (Fsp3) is 0.273. The first-order valence-electron chi connectivity index (χ1n) is 5.50. The van der Waals surface area contributed by atoms with Gasteiger partial charge in [0.05, 0.1) is 18.0 Å². The smallest absolute Gasteiger partial charge is 0.230 e. The Bertz CT molecular complexity index is 569. The van der Waals surface area contributed by atoms with E-state index in [4.69, 9.17) is 10.5 Å². The predicted molar refractivity (Wildman–Crippen MR) is 70.2 cm³/mol. The van der Waals surface area contributed by atoms with Gasteiger partial charge in [-0.25, -0.2) is 0 Å². The molecule has 0 saturated heterocycles. The monoisotopic (exact) mass is 279 g/mol. The number of ether oxygens (including phenoxy) is 1. The van der Waals surface area contributed by atoms with Crippen LogP contribution in [-0.2, 0) is 4.79 Å². The summed E-state index contributed by atoms with van der Waals surface area (Å²) in [5.74, 6) is 0.339. The molecule has 1 aromatic heterocycles. The third-order valence-electron chi connectivity index (χ3n) is 2.44. The lowest BCUT2D eigenvalue weighted by Crippen LogP contribution is -2.23. The average molecular weight is 279 g/mol. The van der Waals surface area contributed by atoms with Crippen LogP contribution in [0.15, 0.2) is 29.4 Å². The molecule has 19 heavy (non-hydrogen) atoms. The predicted octanol–water partition coefficient (Wildman–Crippen LogP) is 0.637. The van der Waals surface area contributed by atoms with E-state index in [-0.39, 0.29) is 0 Å². The lowest BCUT2D eigenvalue weighted by Gasteiger charge is -2.07. The van der Waals surface area contributed by atoms with Gasteiger partial charge < -0.3 is 10.5 Å². The minimum absolute atomic E-state index is 0.400. The molecule has 100 valence electrons. The van der Waals surface area contributed by atoms with Crippen LogP contribution < -0.4 is 10.5 Å². The van der Waals surface area contributed by atoms with Crippen molar-refractivity contribution >= 4 is 17.7 Å². The van der Waals surface area contributed by atoms with Crippen LogP contribution in [0.1, 0.15) is 6.92 Å². The van der Waals surface area contributed by atoms with Gasteiger partial charge in [0.1, 0.15) is 5.75 Å². The van der Waals surface area contributed by atoms with Gasteiger partial charge in [0, 0.05) is 0 Å². The van der Waals surface area contributed by atoms with Gasteiger partial charge in [-0.1, -0.05) is 11.8 Å². The van der Waals surface area contributed by atoms with Crippen LogP contribution in [0.3, 0.4) is 0 Å². The number of rotatable bonds is 5. The molecule has 1 atom stereocenters. The normalized spacial score (nSPS) is 12.1. The van der Waals surface area contributed by atoms with Crippen molar-refractivity contribution in [2.24, 2.45) is 5.73 Å². The van der Waals surface area contributed by atoms with Crippen LogP contribution in [0.5, 0.6) is 5.75 Å². The number of thioether (sulfide) groups is 1. The van der Waals surface area contributed by atoms with E-state index in [1.54, 1.807) is 18.7 Å². The van der Waals surface area contributed by atoms with Crippen LogP contribution >= 0.6 is 11.8 Å². The van der Waals surface area contributed by atoms with Crippen molar-refractivity contribution in [3.05, 3.63) is 24.3 Å². The minimum atomic E-state index is -0.408. The van der Waals surface area contributed by atoms with Crippen molar-refractivity contribution < 1.29 is 9.53 Å². The second-order valence-corrected chi connectivity index (χ2v) is 5.04. The number of amides is 1. The second kappa shape index (κ2) is 5.70. The lowest BCUT2D eigenvalue weighted by atomic mass is 10.3. The van der Waals surface area contributed by atoms with E-state index in [0.717, 1.165) is 11.4 Å². The van der Waals surface area contributed by atoms with Gasteiger partial charge in [-0.3, -0.25) is 4.79 Å². The number of aromatic nitrogens is 4. The molecular formula is C11H13N5O2S. The number of nitrogens with zero attached hydrogens (tertiary/aromatic N) is 4. The maximum atomic E-state index is 11.1. The van der Waals surface area contributed by atoms with E-state index in [1.807, 2.05) is 24.3 Å². The molecule has 8 heteroatoms. The van der Waals surface area contributed by atoms with Crippen molar-refractivity contribution in [1.82, 2.24) is 20.2 Å². The Morgan fingerprint density at radius 2 is 2.11 bits per heavy atom. The Morgan fingerprint density at radius 1 is 1.42 bits per heavy atom. The molecule has 0 fully saturated rings. The molecule has 1 heterocycles. The zero-order valence-corrected chi connectivity index (χ0v) is 11.3. The van der Waals surface area contributed by atoms with E-state index in [0.29, 0.717) is 5.16 Å². The maximum Gasteiger partial charge on any atom is 0.230 e. The highest BCUT2D eigenvalue weighted by atomic mass is 32.2. The topological polar surface area (TPSA) is 95.9 Å². The fourth-order valence-corrected chi connectivity index (χ4v) is 2.11. The average Bonchev–Trinajstić information content (AvgIpc) is 2.87. The summed E-state index contributed by atoms with van der Waals surface area (Å²) in [5, 5.41) is 11.5. The molecule has 0 aliphatic carbocycles. The fourth-order valence-electron chi connectivity index (χ4n) is 1.35. The Kier molecular flexibility index (Phi) is 4.00. The molecule has 2 rings (SSSR count). The summed E-state index contributed by atoms with van der Waals surface area (Å²) in [5.41, 5.74) is 6.01. The van der Waals surface area contributed by atoms with E-state index in [1.165, 1.54) is 11.8 Å². The highest BCUT2D eigenvalue weighted by Gasteiger charge is 2.16. The number of hydrogen-bond acceptors (Lipinski definition) is 6. The quantitative estimate of drug-likeness (QED) is 0.807. The number of nitrogens with two attached hydrogens (primary N) is 1. The van der Waals surface area contributed by atoms with Crippen molar-refractivity contribution in [2.45, 2.75) is 17.3 Å². The summed E-state index contributed by atoms with van der Waals surface area (Å²) < 4.78 is 6.63. The van der Waals surface area contributed by atoms with E-state index < -0.39 is 11.2 Å². The molecule has 1 aromatic carbocycles. The highest BCUT2D eigenvalue weighted by molar-refractivity contribution is 8.00. The molecule has 0 saturated carbocycles. The number of carbonyl (C=O) groups excluding carboxylic acids is 1. The minimum Gasteiger partial charge on any atom is -0.497 e. The summed E-state index contributed by atoms with van der Waals surface area (Å²) in [4.78, 5) is 11.1. The van der Waals surface area contributed by atoms with Crippen LogP contribution in [0.25, 0.3) is 5.69 Å². The molecule has 0 bridgehead atoms. The first-order chi connectivity index (χ1) is 9.11. The van der Waals surface area contributed by atoms with Gasteiger partial charge in [0.15, 0.2) is 0 Å². The Balaban J connectivity index is 2.25. The zero-order valence-electron chi connectivity index (χ0n) is 10.5. The molecule has 0 radical (unpaired) electrons. The molecular weight excluding hydrogens is 266 g/mol. The molecule has 0 unspecified atom stereocenters. The molecule has 0 aliphatic rings. The van der Waals surface area contributed by atoms with Gasteiger partial charge >= 0.3 is 0 Å². The van der Waals surface area contributed by atoms with Crippen molar-refractivity contribution in [3.8, 4) is 11.4 Å². The maximum absolute atomic E-state index is 11.1. The number of benzene rings is 1. The van der Waals surface area contributed by atoms with E-state index in [2.05, 4.69) is 15.5 Å². The number of methoxy groups -OCH3 is 1. The third-order valence-corrected chi connectivity index (χ3v) is 3.49. The van der Waals surface area contributed by atoms with Crippen LogP contribution in [0.2, 0.25) is 0 Å². The summed E-state index contributed by atoms with van der Waals surface area (Å²) in [7, 11) is 1.60. The van der Waals surface area contributed by atoms with Crippen LogP contribution in [-0.4, -0.2) is 38.5 Å². The molecule has 1 amide bonds. The molecule has 0 spiro atoms. The van der Waals surface area contributed by atoms with Gasteiger partial charge in [-0.05, 0) is 41.6 Å². The Labute approximate surface area is 114 Å². The summed E-state index contributed by atoms with van der Waals surface area (Å²) in [6.45, 7) is 1.71. The number of carbonyl (C=O) groups is 1. The van der Waals surface area contributed by atoms with Crippen molar-refractivity contribution in [3.63, 3.8) is 0 Å². The standard InChI is InChI=1S/C11H13N5O2S/c1-7(10(12)17)19-11-13-14-15-16(11)8-3-5-9(18-2)6-4-8/h3-7H,1-2H3,(H2,12,17)/t7-/m1/s1. The van der Waals surface area contributed by atoms with Gasteiger partial charge in [0.2, 0.25) is 11.1 Å². The first-order valence-corrected chi connectivity index (χ1v) is 6.38. The molecule has 2 N–H and O–H groups in total. The van der Waals surface area contributed by atoms with Crippen LogP contribution in [0.4, 0.5) is 0 Å². The lowest BCUT2D eigenvalue weighted by molar-refractivity contribution is -0.117. The van der Waals surface area contributed by atoms with Gasteiger partial charge in [-0.15, -0.1) is 5.10 Å². The Morgan fingerprint density at radius 3 is 2.68 bits per heavy atom. The van der Waals surface area contributed by atoms with E-state index >= 15 is 0 Å². The summed E-state index contributed by atoms with van der Waals surface area (Å²) in [6, 6.07) is 7.27. The van der Waals surface area contributed by atoms with Crippen molar-refractivity contribution in [2.75, 3.05) is 7.11 Å². The van der Waals surface area contributed by atoms with Crippen LogP contribution in [0, 0.1) is 0 Å². The summed E-state index contributed by atoms with van der Waals surface area (Å²) in [6.07, 6.45) is 0. The summed E-state index contributed by atoms with van der Waals surface area (Å²) >= 11 is 1.21. The number of primary amides is 1. The SMILES string of the molecule is COc1ccc(-n2nnnc2S[C@H](C)C(N)=O)cc1. The van der Waals surface area contributed by atoms with Gasteiger partial charge in [-0.2, -0.15) is 4.68 Å². The van der Waals surface area contributed by atoms with Crippen molar-refractivity contribution in [1.29, 1.82) is 0 Å². The molecule has 7 nitrogen and oxygen atoms in total. The third kappa shape index (κ3) is 3.02. The molecule has 2 aromatic rings. The second-order valence-electron chi connectivity index (χ2n) is 3.73.